The summed E-state index contributed by atoms with van der Waals surface area (Å²) >= 11 is 0. The maximum Gasteiger partial charge on any atom is 0.0537 e. The van der Waals surface area contributed by atoms with E-state index >= 15 is 0 Å². The molecule has 2 rings (SSSR count). The number of hydrogen-bond donors (Lipinski definition) is 1. The van der Waals surface area contributed by atoms with Crippen LogP contribution in [0.4, 0.5) is 0 Å². The van der Waals surface area contributed by atoms with Gasteiger partial charge in [-0.25, -0.2) is 0 Å². The highest BCUT2D eigenvalue weighted by Crippen LogP contribution is 2.16. The van der Waals surface area contributed by atoms with E-state index in [1.807, 2.05) is 6.20 Å². The van der Waals surface area contributed by atoms with Crippen LogP contribution in [0.3, 0.4) is 0 Å². The zero-order valence-corrected chi connectivity index (χ0v) is 13.0. The summed E-state index contributed by atoms with van der Waals surface area (Å²) in [6.45, 7) is 9.81. The monoisotopic (exact) mass is 280 g/mol. The van der Waals surface area contributed by atoms with E-state index in [4.69, 9.17) is 5.11 Å². The predicted octanol–water partition coefficient (Wildman–Crippen LogP) is 1.10. The fourth-order valence-electron chi connectivity index (χ4n) is 2.93. The number of aliphatic hydroxyl groups excluding tert-OH is 1. The maximum atomic E-state index is 9.16. The van der Waals surface area contributed by atoms with Crippen LogP contribution in [0.2, 0.25) is 0 Å². The molecule has 114 valence electrons. The first-order valence-electron chi connectivity index (χ1n) is 7.70. The first-order valence-corrected chi connectivity index (χ1v) is 7.70. The highest BCUT2D eigenvalue weighted by Gasteiger charge is 2.24. The van der Waals surface area contributed by atoms with Crippen molar-refractivity contribution in [3.8, 4) is 0 Å². The normalized spacial score (nSPS) is 21.5. The van der Waals surface area contributed by atoms with Gasteiger partial charge >= 0.3 is 0 Å². The molecule has 1 aromatic heterocycles. The van der Waals surface area contributed by atoms with Gasteiger partial charge in [-0.3, -0.25) is 9.58 Å². The third kappa shape index (κ3) is 3.59. The minimum absolute atomic E-state index is 0.274. The van der Waals surface area contributed by atoms with Crippen LogP contribution in [0.25, 0.3) is 0 Å². The second-order valence-electron chi connectivity index (χ2n) is 5.86. The molecule has 0 radical (unpaired) electrons. The summed E-state index contributed by atoms with van der Waals surface area (Å²) in [5.41, 5.74) is 2.63. The quantitative estimate of drug-likeness (QED) is 0.847. The summed E-state index contributed by atoms with van der Waals surface area (Å²) in [5, 5.41) is 13.6. The van der Waals surface area contributed by atoms with Crippen molar-refractivity contribution in [3.63, 3.8) is 0 Å². The summed E-state index contributed by atoms with van der Waals surface area (Å²) in [7, 11) is 2.15. The van der Waals surface area contributed by atoms with Crippen molar-refractivity contribution in [3.05, 3.63) is 17.5 Å². The van der Waals surface area contributed by atoms with Gasteiger partial charge in [0.15, 0.2) is 0 Å². The van der Waals surface area contributed by atoms with Crippen LogP contribution in [0.15, 0.2) is 6.20 Å². The molecule has 0 unspecified atom stereocenters. The van der Waals surface area contributed by atoms with E-state index in [0.29, 0.717) is 6.04 Å². The molecule has 0 amide bonds. The molecule has 2 heterocycles. The summed E-state index contributed by atoms with van der Waals surface area (Å²) in [6.07, 6.45) is 4.00. The van der Waals surface area contributed by atoms with E-state index in [0.717, 1.165) is 45.6 Å². The summed E-state index contributed by atoms with van der Waals surface area (Å²) in [5.74, 6) is 0. The molecule has 0 aromatic carbocycles. The molecular formula is C15H28N4O. The maximum absolute atomic E-state index is 9.16. The Hall–Kier alpha value is -0.910. The van der Waals surface area contributed by atoms with Crippen LogP contribution in [0.1, 0.15) is 31.0 Å². The van der Waals surface area contributed by atoms with E-state index in [-0.39, 0.29) is 6.61 Å². The van der Waals surface area contributed by atoms with Crippen LogP contribution < -0.4 is 0 Å². The first kappa shape index (κ1) is 15.5. The number of nitrogens with zero attached hydrogens (tertiary/aromatic N) is 4. The lowest BCUT2D eigenvalue weighted by molar-refractivity contribution is 0.0742. The molecule has 1 fully saturated rings. The summed E-state index contributed by atoms with van der Waals surface area (Å²) in [4.78, 5) is 4.85. The molecule has 5 heteroatoms. The van der Waals surface area contributed by atoms with Gasteiger partial charge in [-0.05, 0) is 26.8 Å². The molecule has 0 spiro atoms. The van der Waals surface area contributed by atoms with Gasteiger partial charge in [0, 0.05) is 56.6 Å². The van der Waals surface area contributed by atoms with E-state index in [9.17, 15) is 0 Å². The lowest BCUT2D eigenvalue weighted by atomic mass is 10.1. The molecular weight excluding hydrogens is 252 g/mol. The number of hydrogen-bond acceptors (Lipinski definition) is 4. The highest BCUT2D eigenvalue weighted by molar-refractivity contribution is 5.16. The van der Waals surface area contributed by atoms with Crippen LogP contribution in [-0.4, -0.2) is 64.0 Å². The van der Waals surface area contributed by atoms with Gasteiger partial charge in [-0.2, -0.15) is 5.10 Å². The number of aryl methyl sites for hydroxylation is 1. The van der Waals surface area contributed by atoms with E-state index < -0.39 is 0 Å². The first-order chi connectivity index (χ1) is 9.65. The highest BCUT2D eigenvalue weighted by atomic mass is 16.3. The van der Waals surface area contributed by atoms with Crippen molar-refractivity contribution < 1.29 is 5.11 Å². The van der Waals surface area contributed by atoms with Crippen molar-refractivity contribution in [1.29, 1.82) is 0 Å². The van der Waals surface area contributed by atoms with Crippen LogP contribution in [0.5, 0.6) is 0 Å². The number of rotatable bonds is 6. The zero-order valence-electron chi connectivity index (χ0n) is 13.0. The van der Waals surface area contributed by atoms with Gasteiger partial charge in [0.1, 0.15) is 0 Å². The van der Waals surface area contributed by atoms with Gasteiger partial charge in [0.05, 0.1) is 6.20 Å². The van der Waals surface area contributed by atoms with Crippen molar-refractivity contribution in [2.24, 2.45) is 0 Å². The number of piperazine rings is 1. The number of aromatic nitrogens is 2. The topological polar surface area (TPSA) is 44.5 Å². The Kier molecular flexibility index (Phi) is 5.57. The molecule has 1 saturated heterocycles. The molecule has 1 aromatic rings. The Bertz CT molecular complexity index is 418. The molecule has 1 aliphatic heterocycles. The molecule has 0 bridgehead atoms. The minimum atomic E-state index is 0.274. The van der Waals surface area contributed by atoms with Gasteiger partial charge in [-0.15, -0.1) is 0 Å². The van der Waals surface area contributed by atoms with Gasteiger partial charge in [0.25, 0.3) is 0 Å². The molecule has 0 saturated carbocycles. The van der Waals surface area contributed by atoms with E-state index in [1.54, 1.807) is 0 Å². The fourth-order valence-corrected chi connectivity index (χ4v) is 2.93. The third-order valence-electron chi connectivity index (χ3n) is 4.36. The lowest BCUT2D eigenvalue weighted by Crippen LogP contribution is -2.51. The molecule has 0 aliphatic carbocycles. The van der Waals surface area contributed by atoms with Crippen LogP contribution in [0, 0.1) is 6.92 Å². The Morgan fingerprint density at radius 3 is 2.90 bits per heavy atom. The van der Waals surface area contributed by atoms with Gasteiger partial charge in [0.2, 0.25) is 0 Å². The Morgan fingerprint density at radius 2 is 2.20 bits per heavy atom. The average Bonchev–Trinajstić information content (AvgIpc) is 2.76. The fraction of sp³-hybridized carbons (Fsp3) is 0.800. The molecule has 1 N–H and O–H groups in total. The Balaban J connectivity index is 1.96. The Morgan fingerprint density at radius 1 is 1.40 bits per heavy atom. The van der Waals surface area contributed by atoms with Crippen molar-refractivity contribution in [2.75, 3.05) is 33.3 Å². The van der Waals surface area contributed by atoms with Crippen molar-refractivity contribution >= 4 is 0 Å². The molecule has 1 atom stereocenters. The summed E-state index contributed by atoms with van der Waals surface area (Å²) in [6, 6.07) is 0.472. The second kappa shape index (κ2) is 7.20. The van der Waals surface area contributed by atoms with Gasteiger partial charge in [-0.1, -0.05) is 6.92 Å². The Labute approximate surface area is 122 Å². The molecule has 1 aliphatic rings. The molecule has 5 nitrogen and oxygen atoms in total. The summed E-state index contributed by atoms with van der Waals surface area (Å²) < 4.78 is 2.11. The number of likely N-dealkylation sites (N-methyl/N-ethyl adjacent to an activating group) is 1. The largest absolute Gasteiger partial charge is 0.396 e. The minimum Gasteiger partial charge on any atom is -0.396 e. The SMILES string of the molecule is CCCn1ncc(CN2CCN(C)[C@@H](CCO)C2)c1C. The molecule has 20 heavy (non-hydrogen) atoms. The van der Waals surface area contributed by atoms with Crippen molar-refractivity contribution in [2.45, 2.75) is 45.8 Å². The van der Waals surface area contributed by atoms with Crippen molar-refractivity contribution in [1.82, 2.24) is 19.6 Å². The van der Waals surface area contributed by atoms with Crippen LogP contribution >= 0.6 is 0 Å². The van der Waals surface area contributed by atoms with Crippen LogP contribution in [-0.2, 0) is 13.1 Å². The standard InChI is InChI=1S/C15H28N4O/c1-4-6-19-13(2)14(10-16-19)11-18-8-7-17(3)15(12-18)5-9-20/h10,15,20H,4-9,11-12H2,1-3H3/t15-/m0/s1. The smallest absolute Gasteiger partial charge is 0.0537 e. The average molecular weight is 280 g/mol. The van der Waals surface area contributed by atoms with E-state index in [1.165, 1.54) is 11.3 Å². The van der Waals surface area contributed by atoms with E-state index in [2.05, 4.69) is 40.5 Å². The zero-order chi connectivity index (χ0) is 14.5. The lowest BCUT2D eigenvalue weighted by Gasteiger charge is -2.39. The third-order valence-corrected chi connectivity index (χ3v) is 4.36. The number of aliphatic hydroxyl groups is 1. The van der Waals surface area contributed by atoms with Gasteiger partial charge < -0.3 is 10.0 Å². The second-order valence-corrected chi connectivity index (χ2v) is 5.86. The predicted molar refractivity (Wildman–Crippen MR) is 80.7 cm³/mol.